The molecule has 248 valence electrons. The number of nitrogens with one attached hydrogen (secondary N) is 3. The number of amides is 2. The van der Waals surface area contributed by atoms with Crippen molar-refractivity contribution >= 4 is 50.5 Å². The lowest BCUT2D eigenvalue weighted by atomic mass is 10.1. The Balaban J connectivity index is 1.35. The highest BCUT2D eigenvalue weighted by molar-refractivity contribution is 7.62. The summed E-state index contributed by atoms with van der Waals surface area (Å²) in [5.74, 6) is -1.23. The maximum atomic E-state index is 12.4. The number of phosphoric ester groups is 1. The second-order valence-electron chi connectivity index (χ2n) is 9.85. The Morgan fingerprint density at radius 2 is 1.87 bits per heavy atom. The Kier molecular flexibility index (Phi) is 10.6. The van der Waals surface area contributed by atoms with Crippen LogP contribution in [0.4, 0.5) is 10.6 Å². The van der Waals surface area contributed by atoms with Gasteiger partial charge in [0, 0.05) is 6.54 Å². The molecule has 2 aliphatic heterocycles. The Hall–Kier alpha value is -3.61. The average Bonchev–Trinajstić information content (AvgIpc) is 3.69. The molecule has 2 aliphatic rings. The van der Waals surface area contributed by atoms with Crippen molar-refractivity contribution in [1.29, 1.82) is 0 Å². The molecule has 7 atom stereocenters. The van der Waals surface area contributed by atoms with Crippen molar-refractivity contribution in [3.63, 3.8) is 0 Å². The number of rotatable bonds is 14. The standard InChI is InChI=1S/C25H31N7O12P2/c1-2-27-25(35)31-22-19-23(29-12-28-22)32(13-30-19)24-21-20(42-18(43-21)9-8-15-6-4-3-5-7-15)16(41-24)11-40-46(38,39)44-45(36,37)14-26-10-17(33)34/h3-9,12-13,16,18,20-21,24,26H,2,10-11,14H2,1H3,(H,33,34)(H,36,37)(H,38,39)(H2,27,28,29,31,35)/p-2/b9-8+/t16-,18+,20?,21?,24-/m1/s1. The number of hydrogen-bond donors (Lipinski definition) is 4. The first kappa shape index (κ1) is 33.7. The summed E-state index contributed by atoms with van der Waals surface area (Å²) in [5, 5.41) is 15.9. The summed E-state index contributed by atoms with van der Waals surface area (Å²) in [7, 11) is -10.6. The molecule has 21 heteroatoms. The average molecular weight is 681 g/mol. The fraction of sp³-hybridized carbons (Fsp3) is 0.400. The molecular weight excluding hydrogens is 652 g/mol. The van der Waals surface area contributed by atoms with Crippen LogP contribution in [-0.2, 0) is 37.0 Å². The molecule has 4 unspecified atom stereocenters. The quantitative estimate of drug-likeness (QED) is 0.168. The zero-order chi connectivity index (χ0) is 32.9. The van der Waals surface area contributed by atoms with E-state index in [2.05, 4.69) is 29.9 Å². The van der Waals surface area contributed by atoms with Crippen LogP contribution >= 0.6 is 15.4 Å². The number of nitrogens with zero attached hydrogens (tertiary/aromatic N) is 4. The number of hydrogen-bond acceptors (Lipinski definition) is 15. The first-order valence-corrected chi connectivity index (χ1v) is 16.9. The van der Waals surface area contributed by atoms with Crippen molar-refractivity contribution in [2.24, 2.45) is 0 Å². The summed E-state index contributed by atoms with van der Waals surface area (Å²) in [6.07, 6.45) is 0.168. The molecule has 0 bridgehead atoms. The number of imidazole rings is 1. The van der Waals surface area contributed by atoms with Crippen molar-refractivity contribution < 1.29 is 56.7 Å². The van der Waals surface area contributed by atoms with E-state index in [-0.39, 0.29) is 17.0 Å². The smallest absolute Gasteiger partial charge is 0.320 e. The molecule has 2 aromatic heterocycles. The highest BCUT2D eigenvalue weighted by Gasteiger charge is 2.53. The van der Waals surface area contributed by atoms with Crippen LogP contribution in [0.2, 0.25) is 0 Å². The molecular formula is C25H29N7O12P2-2. The third-order valence-corrected chi connectivity index (χ3v) is 9.39. The monoisotopic (exact) mass is 681 g/mol. The van der Waals surface area contributed by atoms with Crippen LogP contribution in [0.3, 0.4) is 0 Å². The van der Waals surface area contributed by atoms with Crippen molar-refractivity contribution in [3.8, 4) is 0 Å². The van der Waals surface area contributed by atoms with Gasteiger partial charge >= 0.3 is 12.0 Å². The number of fused-ring (bicyclic) bond motifs is 2. The third kappa shape index (κ3) is 8.40. The van der Waals surface area contributed by atoms with E-state index >= 15 is 0 Å². The fourth-order valence-corrected chi connectivity index (χ4v) is 7.03. The topological polar surface area (TPSA) is 260 Å². The SMILES string of the molecule is CCNC(=O)Nc1ncnc2c1ncn2[C@@H]1O[C@H](COP(=O)([O-])OP(=O)([O-])CNCC(=O)O)C2O[C@H](/C=C/c3ccccc3)OC21. The molecule has 4 heterocycles. The fourth-order valence-electron chi connectivity index (χ4n) is 4.67. The second kappa shape index (κ2) is 14.4. The predicted octanol–water partition coefficient (Wildman–Crippen LogP) is 0.375. The number of urea groups is 1. The number of aromatic nitrogens is 4. The van der Waals surface area contributed by atoms with Crippen molar-refractivity contribution in [2.75, 3.05) is 31.3 Å². The van der Waals surface area contributed by atoms with Gasteiger partial charge in [-0.15, -0.1) is 0 Å². The normalized spacial score (nSPS) is 25.2. The Bertz CT molecular complexity index is 1680. The number of carboxylic acid groups (broad SMARTS) is 1. The molecule has 2 amide bonds. The molecule has 0 spiro atoms. The largest absolute Gasteiger partial charge is 0.777 e. The summed E-state index contributed by atoms with van der Waals surface area (Å²) >= 11 is 0. The van der Waals surface area contributed by atoms with Gasteiger partial charge in [-0.1, -0.05) is 36.4 Å². The van der Waals surface area contributed by atoms with Gasteiger partial charge in [0.05, 0.1) is 25.8 Å². The van der Waals surface area contributed by atoms with Gasteiger partial charge in [-0.3, -0.25) is 28.9 Å². The van der Waals surface area contributed by atoms with E-state index in [1.807, 2.05) is 35.6 Å². The van der Waals surface area contributed by atoms with Crippen LogP contribution < -0.4 is 25.7 Å². The van der Waals surface area contributed by atoms with Gasteiger partial charge in [0.1, 0.15) is 24.6 Å². The minimum Gasteiger partial charge on any atom is -0.777 e. The van der Waals surface area contributed by atoms with Gasteiger partial charge in [0.15, 0.2) is 37.1 Å². The minimum atomic E-state index is -5.47. The zero-order valence-electron chi connectivity index (χ0n) is 24.0. The first-order valence-electron chi connectivity index (χ1n) is 13.8. The Morgan fingerprint density at radius 3 is 2.61 bits per heavy atom. The summed E-state index contributed by atoms with van der Waals surface area (Å²) in [5.41, 5.74) is 1.35. The molecule has 2 saturated heterocycles. The lowest BCUT2D eigenvalue weighted by molar-refractivity contribution is -0.234. The summed E-state index contributed by atoms with van der Waals surface area (Å²) in [6.45, 7) is 0.657. The summed E-state index contributed by atoms with van der Waals surface area (Å²) < 4.78 is 53.3. The molecule has 0 radical (unpaired) electrons. The molecule has 0 saturated carbocycles. The van der Waals surface area contributed by atoms with E-state index in [0.29, 0.717) is 6.54 Å². The molecule has 0 aliphatic carbocycles. The molecule has 4 N–H and O–H groups in total. The van der Waals surface area contributed by atoms with Crippen LogP contribution in [0, 0.1) is 0 Å². The third-order valence-electron chi connectivity index (χ3n) is 6.52. The Labute approximate surface area is 261 Å². The van der Waals surface area contributed by atoms with Crippen LogP contribution in [0.15, 0.2) is 49.1 Å². The van der Waals surface area contributed by atoms with Crippen molar-refractivity contribution in [2.45, 2.75) is 37.8 Å². The lowest BCUT2D eigenvalue weighted by Crippen LogP contribution is -2.32. The van der Waals surface area contributed by atoms with E-state index in [9.17, 15) is 28.5 Å². The number of phosphoric acid groups is 1. The molecule has 1 aromatic carbocycles. The van der Waals surface area contributed by atoms with Gasteiger partial charge < -0.3 is 43.5 Å². The molecule has 5 rings (SSSR count). The number of carbonyl (C=O) groups excluding carboxylic acids is 1. The number of ether oxygens (including phenoxy) is 3. The molecule has 19 nitrogen and oxygen atoms in total. The van der Waals surface area contributed by atoms with Gasteiger partial charge in [0.25, 0.3) is 7.82 Å². The predicted molar refractivity (Wildman–Crippen MR) is 154 cm³/mol. The summed E-state index contributed by atoms with van der Waals surface area (Å²) in [4.78, 5) is 59.9. The van der Waals surface area contributed by atoms with Gasteiger partial charge in [-0.25, -0.2) is 19.7 Å². The van der Waals surface area contributed by atoms with Crippen LogP contribution in [0.25, 0.3) is 17.2 Å². The Morgan fingerprint density at radius 1 is 1.11 bits per heavy atom. The second-order valence-corrected chi connectivity index (χ2v) is 13.2. The first-order chi connectivity index (χ1) is 21.9. The molecule has 3 aromatic rings. The number of anilines is 1. The van der Waals surface area contributed by atoms with E-state index in [1.54, 1.807) is 19.1 Å². The van der Waals surface area contributed by atoms with Gasteiger partial charge in [0.2, 0.25) is 0 Å². The number of benzene rings is 1. The lowest BCUT2D eigenvalue weighted by Gasteiger charge is -2.32. The zero-order valence-corrected chi connectivity index (χ0v) is 25.8. The number of carboxylic acids is 1. The van der Waals surface area contributed by atoms with Crippen LogP contribution in [0.1, 0.15) is 18.7 Å². The highest BCUT2D eigenvalue weighted by atomic mass is 31.3. The van der Waals surface area contributed by atoms with Crippen LogP contribution in [-0.4, -0.2) is 87.2 Å². The van der Waals surface area contributed by atoms with Gasteiger partial charge in [-0.05, 0) is 18.6 Å². The maximum Gasteiger partial charge on any atom is 0.320 e. The minimum absolute atomic E-state index is 0.126. The highest BCUT2D eigenvalue weighted by Crippen LogP contribution is 2.55. The maximum absolute atomic E-state index is 12.4. The van der Waals surface area contributed by atoms with E-state index in [0.717, 1.165) is 5.56 Å². The molecule has 2 fully saturated rings. The summed E-state index contributed by atoms with van der Waals surface area (Å²) in [6, 6.07) is 8.82. The van der Waals surface area contributed by atoms with Crippen molar-refractivity contribution in [3.05, 3.63) is 54.6 Å². The van der Waals surface area contributed by atoms with E-state index < -0.39 is 77.7 Å². The van der Waals surface area contributed by atoms with Crippen molar-refractivity contribution in [1.82, 2.24) is 30.2 Å². The number of carbonyl (C=O) groups is 2. The number of aliphatic carboxylic acids is 1. The van der Waals surface area contributed by atoms with Gasteiger partial charge in [-0.2, -0.15) is 0 Å². The van der Waals surface area contributed by atoms with E-state index in [1.165, 1.54) is 17.2 Å². The van der Waals surface area contributed by atoms with Crippen LogP contribution in [0.5, 0.6) is 0 Å². The van der Waals surface area contributed by atoms with E-state index in [4.69, 9.17) is 23.8 Å². The molecule has 46 heavy (non-hydrogen) atoms.